The van der Waals surface area contributed by atoms with Gasteiger partial charge in [-0.25, -0.2) is 0 Å². The molecule has 0 atom stereocenters. The third kappa shape index (κ3) is 32.3. The maximum absolute atomic E-state index is 12.2. The molecule has 624 valence electrons. The van der Waals surface area contributed by atoms with Crippen molar-refractivity contribution in [2.75, 3.05) is 42.7 Å². The fraction of sp³-hybridized carbons (Fsp3) is 0.229. The van der Waals surface area contributed by atoms with E-state index >= 15 is 0 Å². The lowest BCUT2D eigenvalue weighted by Crippen LogP contribution is -2.43. The molecule has 0 unspecified atom stereocenters. The number of carbonyl (C=O) groups is 7. The molecule has 10 rings (SSSR count). The van der Waals surface area contributed by atoms with Gasteiger partial charge < -0.3 is 57.7 Å². The number of phenols is 4. The van der Waals surface area contributed by atoms with Crippen LogP contribution in [0.3, 0.4) is 0 Å². The average molecular weight is 1650 g/mol. The van der Waals surface area contributed by atoms with Crippen molar-refractivity contribution >= 4 is 94.1 Å². The van der Waals surface area contributed by atoms with E-state index in [1.165, 1.54) is 90.8 Å². The molecule has 21 nitrogen and oxygen atoms in total. The molecule has 0 amide bonds. The second kappa shape index (κ2) is 47.0. The Hall–Kier alpha value is -13.4. The van der Waals surface area contributed by atoms with Crippen LogP contribution in [0.4, 0.5) is 0 Å². The summed E-state index contributed by atoms with van der Waals surface area (Å²) in [4.78, 5) is 80.0. The molecule has 1 aromatic heterocycles. The number of aromatic nitrogens is 2. The lowest BCUT2D eigenvalue weighted by atomic mass is 10.1. The van der Waals surface area contributed by atoms with Gasteiger partial charge in [0, 0.05) is 22.3 Å². The quantitative estimate of drug-likeness (QED) is 0.0100. The summed E-state index contributed by atoms with van der Waals surface area (Å²) < 4.78 is 43.4. The molecule has 1 heterocycles. The van der Waals surface area contributed by atoms with Gasteiger partial charge in [-0.1, -0.05) is 193 Å². The Morgan fingerprint density at radius 2 is 0.655 bits per heavy atom. The van der Waals surface area contributed by atoms with Crippen molar-refractivity contribution in [2.24, 2.45) is 0 Å². The van der Waals surface area contributed by atoms with E-state index in [9.17, 15) is 48.9 Å². The number of rotatable bonds is 28. The highest BCUT2D eigenvalue weighted by Gasteiger charge is 2.40. The molecule has 23 heteroatoms. The highest BCUT2D eigenvalue weighted by molar-refractivity contribution is 6.75. The van der Waals surface area contributed by atoms with E-state index in [4.69, 9.17) is 42.4 Å². The molecule has 0 spiro atoms. The minimum absolute atomic E-state index is 0.0166. The van der Waals surface area contributed by atoms with Crippen molar-refractivity contribution in [3.63, 3.8) is 0 Å². The monoisotopic (exact) mass is 1650 g/mol. The van der Waals surface area contributed by atoms with Gasteiger partial charge in [0.25, 0.3) is 16.6 Å². The Bertz CT molecular complexity index is 5190. The van der Waals surface area contributed by atoms with Gasteiger partial charge in [0.2, 0.25) is 0 Å². The summed E-state index contributed by atoms with van der Waals surface area (Å²) in [6.07, 6.45) is 16.8. The van der Waals surface area contributed by atoms with Crippen LogP contribution in [0, 0.1) is 0 Å². The number of aldehydes is 1. The number of methoxy groups -OCH3 is 6. The van der Waals surface area contributed by atoms with Crippen LogP contribution in [-0.2, 0) is 19.2 Å². The SMILES string of the molecule is COc1cc(/C=C/C(=O)CC(=O)c2ccccc2)ccc1O.COc1cc(/C=C/C(=O)CC(=O)c2ccccc2)ccc1O[Si](C)(C)C(C)(C)C.COc1cc(/C=C/C(C)=O)ccc1O.COc1cc(/C=C/C(C)=O)ccc1O[Si](C)(C)C(C)(C)C.COc1cc(/C=C/c2cc(-c3ccccc3)n[nH]2)ccc1O.COc1cc(C=O)ccc1O. The number of hydrogen-bond acceptors (Lipinski definition) is 20. The number of ether oxygens (including phenoxy) is 6. The molecule has 0 radical (unpaired) electrons. The summed E-state index contributed by atoms with van der Waals surface area (Å²) in [6, 6.07) is 60.1. The number of phenolic OH excluding ortho intramolecular Hbond substituents is 4. The number of aromatic amines is 1. The van der Waals surface area contributed by atoms with Crippen LogP contribution in [0.1, 0.15) is 133 Å². The zero-order valence-electron chi connectivity index (χ0n) is 70.8. The lowest BCUT2D eigenvalue weighted by Gasteiger charge is -2.36. The van der Waals surface area contributed by atoms with E-state index in [-0.39, 0.29) is 80.6 Å². The van der Waals surface area contributed by atoms with E-state index in [0.29, 0.717) is 68.8 Å². The highest BCUT2D eigenvalue weighted by atomic mass is 28.4. The van der Waals surface area contributed by atoms with Crippen molar-refractivity contribution in [1.82, 2.24) is 10.2 Å². The molecule has 119 heavy (non-hydrogen) atoms. The fourth-order valence-corrected chi connectivity index (χ4v) is 11.9. The second-order valence-electron chi connectivity index (χ2n) is 29.7. The standard InChI is InChI=1S/C24H30O4Si.C18H16N2O2.C18H16O4.C17H26O3Si.C11H12O3.C8H8O3/c1-24(2,3)29(5,6)28-22-15-13-18(16-23(22)27-4)12-14-20(25)17-21(26)19-10-8-7-9-11-19;1-22-18-11-13(8-10-17(18)21)7-9-15-12-16(20-19-15)14-5-3-2-4-6-14;1-22-18-11-13(8-10-16(18)20)7-9-15(19)12-17(21)14-5-3-2-4-6-14;1-13(18)8-9-14-10-11-15(16(12-14)19-5)20-21(6,7)17(2,3)4;1-8(12)3-4-9-5-6-10(13)11(7-9)14-2;1-11-8-4-6(5-9)2-3-7(8)10/h7-16H,17H2,1-6H3;2-12,21H,1H3,(H,19,20);2-11,20H,12H2,1H3;8-12H,1-7H3;3-7,13H,1-2H3;2-5,10H,1H3/b14-12+;2*9-7+;9-8+;4-3+;. The summed E-state index contributed by atoms with van der Waals surface area (Å²) in [7, 11) is 5.24. The van der Waals surface area contributed by atoms with E-state index in [2.05, 4.69) is 77.9 Å². The molecule has 0 aliphatic rings. The molecular weight excluding hydrogens is 1540 g/mol. The zero-order valence-corrected chi connectivity index (χ0v) is 72.8. The van der Waals surface area contributed by atoms with Crippen molar-refractivity contribution in [3.8, 4) is 80.3 Å². The van der Waals surface area contributed by atoms with Gasteiger partial charge in [0.1, 0.15) is 17.8 Å². The zero-order chi connectivity index (χ0) is 88.0. The van der Waals surface area contributed by atoms with Crippen LogP contribution in [0.25, 0.3) is 47.7 Å². The first-order chi connectivity index (χ1) is 56.4. The maximum atomic E-state index is 12.2. The summed E-state index contributed by atoms with van der Waals surface area (Å²) >= 11 is 0. The molecule has 0 aliphatic heterocycles. The van der Waals surface area contributed by atoms with Gasteiger partial charge in [-0.05, 0) is 193 Å². The molecule has 0 aliphatic carbocycles. The van der Waals surface area contributed by atoms with Crippen LogP contribution in [0.2, 0.25) is 36.3 Å². The first-order valence-electron chi connectivity index (χ1n) is 37.8. The number of hydrogen-bond donors (Lipinski definition) is 5. The van der Waals surface area contributed by atoms with Gasteiger partial charge in [0.05, 0.1) is 66.9 Å². The summed E-state index contributed by atoms with van der Waals surface area (Å²) in [6.45, 7) is 25.0. The number of ketones is 6. The summed E-state index contributed by atoms with van der Waals surface area (Å²) in [5.74, 6) is 3.70. The number of aromatic hydroxyl groups is 4. The van der Waals surface area contributed by atoms with E-state index in [0.717, 1.165) is 45.0 Å². The van der Waals surface area contributed by atoms with Gasteiger partial charge in [-0.2, -0.15) is 5.10 Å². The minimum atomic E-state index is -1.99. The molecule has 0 fully saturated rings. The number of Topliss-reactive ketones (excluding diaryl/α,β-unsaturated/α-hetero) is 2. The first kappa shape index (κ1) is 96.2. The van der Waals surface area contributed by atoms with Crippen LogP contribution < -0.4 is 37.3 Å². The number of carbonyl (C=O) groups excluding carboxylic acids is 7. The molecule has 9 aromatic carbocycles. The van der Waals surface area contributed by atoms with Crippen LogP contribution in [-0.4, -0.2) is 131 Å². The maximum Gasteiger partial charge on any atom is 0.250 e. The van der Waals surface area contributed by atoms with Gasteiger partial charge >= 0.3 is 0 Å². The number of nitrogens with one attached hydrogen (secondary N) is 1. The molecular formula is C96H108N2O19Si2. The van der Waals surface area contributed by atoms with Crippen molar-refractivity contribution in [3.05, 3.63) is 281 Å². The smallest absolute Gasteiger partial charge is 0.250 e. The Labute approximate surface area is 699 Å². The predicted molar refractivity (Wildman–Crippen MR) is 477 cm³/mol. The highest BCUT2D eigenvalue weighted by Crippen LogP contribution is 2.42. The Kier molecular flexibility index (Phi) is 38.0. The molecule has 10 aromatic rings. The molecule has 5 N–H and O–H groups in total. The third-order valence-electron chi connectivity index (χ3n) is 18.6. The topological polar surface area (TPSA) is 303 Å². The molecule has 0 saturated carbocycles. The van der Waals surface area contributed by atoms with Crippen molar-refractivity contribution in [1.29, 1.82) is 0 Å². The van der Waals surface area contributed by atoms with Crippen LogP contribution in [0.15, 0.2) is 231 Å². The normalized spacial score (nSPS) is 11.2. The number of benzene rings is 9. The number of H-pyrrole nitrogens is 1. The largest absolute Gasteiger partial charge is 0.541 e. The number of allylic oxidation sites excluding steroid dienone is 4. The predicted octanol–water partition coefficient (Wildman–Crippen LogP) is 21.0. The first-order valence-corrected chi connectivity index (χ1v) is 43.6. The summed E-state index contributed by atoms with van der Waals surface area (Å²) in [5, 5.41) is 45.0. The van der Waals surface area contributed by atoms with Gasteiger partial charge in [-0.15, -0.1) is 0 Å². The van der Waals surface area contributed by atoms with E-state index in [1.54, 1.807) is 130 Å². The Morgan fingerprint density at radius 1 is 0.361 bits per heavy atom. The Morgan fingerprint density at radius 3 is 0.975 bits per heavy atom. The van der Waals surface area contributed by atoms with Gasteiger partial charge in [0.15, 0.2) is 92.2 Å². The van der Waals surface area contributed by atoms with Crippen LogP contribution in [0.5, 0.6) is 69.0 Å². The summed E-state index contributed by atoms with van der Waals surface area (Å²) in [5.41, 5.74) is 8.63. The average Bonchev–Trinajstić information content (AvgIpc) is 1.54. The van der Waals surface area contributed by atoms with Crippen LogP contribution >= 0.6 is 0 Å². The molecule has 0 bridgehead atoms. The van der Waals surface area contributed by atoms with E-state index < -0.39 is 16.6 Å². The van der Waals surface area contributed by atoms with Crippen molar-refractivity contribution < 1.29 is 91.3 Å². The van der Waals surface area contributed by atoms with E-state index in [1.807, 2.05) is 103 Å². The molecule has 0 saturated heterocycles. The van der Waals surface area contributed by atoms with Gasteiger partial charge in [-0.3, -0.25) is 38.7 Å². The number of nitrogens with zero attached hydrogens (tertiary/aromatic N) is 1. The minimum Gasteiger partial charge on any atom is -0.541 e. The fourth-order valence-electron chi connectivity index (χ4n) is 9.82. The second-order valence-corrected chi connectivity index (χ2v) is 39.2. The third-order valence-corrected chi connectivity index (χ3v) is 27.3. The lowest BCUT2D eigenvalue weighted by molar-refractivity contribution is -0.114. The van der Waals surface area contributed by atoms with Crippen molar-refractivity contribution in [2.45, 2.75) is 104 Å². The Balaban J connectivity index is 0.000000260.